The number of hydrogen-bond acceptors (Lipinski definition) is 4. The third kappa shape index (κ3) is 3.68. The van der Waals surface area contributed by atoms with Gasteiger partial charge in [0, 0.05) is 13.0 Å². The third-order valence-electron chi connectivity index (χ3n) is 4.39. The summed E-state index contributed by atoms with van der Waals surface area (Å²) >= 11 is 0. The Morgan fingerprint density at radius 3 is 2.42 bits per heavy atom. The molecule has 1 aromatic heterocycles. The van der Waals surface area contributed by atoms with Gasteiger partial charge in [-0.2, -0.15) is 0 Å². The topological polar surface area (TPSA) is 81.1 Å². The van der Waals surface area contributed by atoms with Gasteiger partial charge in [-0.25, -0.2) is 18.1 Å². The summed E-state index contributed by atoms with van der Waals surface area (Å²) in [7, 11) is -3.62. The van der Waals surface area contributed by atoms with Crippen LogP contribution in [-0.4, -0.2) is 30.4 Å². The van der Waals surface area contributed by atoms with E-state index in [-0.39, 0.29) is 23.8 Å². The average Bonchev–Trinajstić information content (AvgIpc) is 2.98. The first-order valence-corrected chi connectivity index (χ1v) is 9.80. The molecule has 0 bridgehead atoms. The minimum absolute atomic E-state index is 0.0273. The Hall–Kier alpha value is -2.51. The van der Waals surface area contributed by atoms with Gasteiger partial charge >= 0.3 is 0 Å². The van der Waals surface area contributed by atoms with E-state index in [1.165, 1.54) is 10.9 Å². The van der Waals surface area contributed by atoms with Crippen LogP contribution in [0.1, 0.15) is 27.9 Å². The number of nitrogens with zero attached hydrogens (tertiary/aromatic N) is 2. The standard InChI is InChI=1S/C19H21N3O3S/c1-13-4-6-16(7-5-13)26(24,25)21-9-8-19(23)22-12-20-17-10-14(2)15(3)11-18(17)22/h4-7,10-12,21H,8-9H2,1-3H3. The molecule has 2 aromatic carbocycles. The molecule has 0 aliphatic heterocycles. The monoisotopic (exact) mass is 371 g/mol. The Balaban J connectivity index is 1.69. The smallest absolute Gasteiger partial charge is 0.240 e. The normalized spacial score (nSPS) is 11.8. The van der Waals surface area contributed by atoms with Crippen LogP contribution < -0.4 is 4.72 Å². The van der Waals surface area contributed by atoms with E-state index in [0.717, 1.165) is 27.7 Å². The average molecular weight is 371 g/mol. The summed E-state index contributed by atoms with van der Waals surface area (Å²) in [4.78, 5) is 16.9. The minimum Gasteiger partial charge on any atom is -0.274 e. The highest BCUT2D eigenvalue weighted by Gasteiger charge is 2.15. The summed E-state index contributed by atoms with van der Waals surface area (Å²) in [6.07, 6.45) is 1.53. The molecule has 0 radical (unpaired) electrons. The lowest BCUT2D eigenvalue weighted by molar-refractivity contribution is 0.0909. The van der Waals surface area contributed by atoms with Gasteiger partial charge in [-0.3, -0.25) is 9.36 Å². The Labute approximate surface area is 152 Å². The van der Waals surface area contributed by atoms with Crippen LogP contribution in [0.4, 0.5) is 0 Å². The van der Waals surface area contributed by atoms with Gasteiger partial charge in [0.2, 0.25) is 15.9 Å². The molecule has 0 fully saturated rings. The van der Waals surface area contributed by atoms with E-state index in [4.69, 9.17) is 0 Å². The highest BCUT2D eigenvalue weighted by molar-refractivity contribution is 7.89. The molecule has 0 saturated carbocycles. The molecular weight excluding hydrogens is 350 g/mol. The van der Waals surface area contributed by atoms with E-state index in [1.54, 1.807) is 24.3 Å². The zero-order chi connectivity index (χ0) is 18.9. The number of rotatable bonds is 5. The second-order valence-electron chi connectivity index (χ2n) is 6.39. The van der Waals surface area contributed by atoms with E-state index in [0.29, 0.717) is 0 Å². The van der Waals surface area contributed by atoms with Crippen LogP contribution in [0.5, 0.6) is 0 Å². The van der Waals surface area contributed by atoms with Crippen LogP contribution in [0.15, 0.2) is 47.6 Å². The number of fused-ring (bicyclic) bond motifs is 1. The first-order chi connectivity index (χ1) is 12.3. The van der Waals surface area contributed by atoms with E-state index in [1.807, 2.05) is 32.9 Å². The van der Waals surface area contributed by atoms with Gasteiger partial charge in [0.15, 0.2) is 0 Å². The first kappa shape index (κ1) is 18.3. The third-order valence-corrected chi connectivity index (χ3v) is 5.87. The number of benzene rings is 2. The van der Waals surface area contributed by atoms with Gasteiger partial charge in [-0.1, -0.05) is 17.7 Å². The maximum absolute atomic E-state index is 12.5. The van der Waals surface area contributed by atoms with Gasteiger partial charge in [0.1, 0.15) is 6.33 Å². The summed E-state index contributed by atoms with van der Waals surface area (Å²) in [5, 5.41) is 0. The largest absolute Gasteiger partial charge is 0.274 e. The number of aromatic nitrogens is 2. The molecule has 0 amide bonds. The minimum atomic E-state index is -3.62. The van der Waals surface area contributed by atoms with Crippen LogP contribution >= 0.6 is 0 Å². The molecule has 3 rings (SSSR count). The number of carbonyl (C=O) groups is 1. The van der Waals surface area contributed by atoms with Crippen molar-refractivity contribution in [2.45, 2.75) is 32.1 Å². The first-order valence-electron chi connectivity index (χ1n) is 8.32. The molecule has 0 aliphatic rings. The van der Waals surface area contributed by atoms with E-state index >= 15 is 0 Å². The zero-order valence-corrected chi connectivity index (χ0v) is 15.8. The Kier molecular flexibility index (Phi) is 4.93. The molecule has 0 atom stereocenters. The quantitative estimate of drug-likeness (QED) is 0.748. The predicted octanol–water partition coefficient (Wildman–Crippen LogP) is 2.97. The van der Waals surface area contributed by atoms with Gasteiger partial charge in [-0.15, -0.1) is 0 Å². The van der Waals surface area contributed by atoms with Crippen molar-refractivity contribution >= 4 is 27.0 Å². The van der Waals surface area contributed by atoms with Gasteiger partial charge < -0.3 is 0 Å². The fourth-order valence-corrected chi connectivity index (χ4v) is 3.71. The maximum Gasteiger partial charge on any atom is 0.240 e. The van der Waals surface area contributed by atoms with Crippen LogP contribution in [0.25, 0.3) is 11.0 Å². The molecule has 0 spiro atoms. The highest BCUT2D eigenvalue weighted by atomic mass is 32.2. The molecule has 0 unspecified atom stereocenters. The van der Waals surface area contributed by atoms with Crippen molar-refractivity contribution in [3.63, 3.8) is 0 Å². The second-order valence-corrected chi connectivity index (χ2v) is 8.16. The number of sulfonamides is 1. The van der Waals surface area contributed by atoms with Crippen molar-refractivity contribution in [2.75, 3.05) is 6.54 Å². The number of aryl methyl sites for hydroxylation is 3. The number of nitrogens with one attached hydrogen (secondary N) is 1. The molecular formula is C19H21N3O3S. The Morgan fingerprint density at radius 1 is 1.08 bits per heavy atom. The van der Waals surface area contributed by atoms with Crippen molar-refractivity contribution < 1.29 is 13.2 Å². The summed E-state index contributed by atoms with van der Waals surface area (Å²) in [5.41, 5.74) is 4.66. The molecule has 136 valence electrons. The second kappa shape index (κ2) is 7.01. The molecule has 7 heteroatoms. The van der Waals surface area contributed by atoms with Gasteiger partial charge in [-0.05, 0) is 56.2 Å². The SMILES string of the molecule is Cc1ccc(S(=O)(=O)NCCC(=O)n2cnc3cc(C)c(C)cc32)cc1. The summed E-state index contributed by atoms with van der Waals surface area (Å²) in [6, 6.07) is 10.4. The number of imidazole rings is 1. The van der Waals surface area contributed by atoms with E-state index in [9.17, 15) is 13.2 Å². The van der Waals surface area contributed by atoms with Crippen molar-refractivity contribution in [2.24, 2.45) is 0 Å². The highest BCUT2D eigenvalue weighted by Crippen LogP contribution is 2.18. The number of carbonyl (C=O) groups excluding carboxylic acids is 1. The fourth-order valence-electron chi connectivity index (χ4n) is 2.68. The summed E-state index contributed by atoms with van der Waals surface area (Å²) < 4.78 is 28.5. The lowest BCUT2D eigenvalue weighted by Crippen LogP contribution is -2.27. The van der Waals surface area contributed by atoms with Gasteiger partial charge in [0.25, 0.3) is 0 Å². The van der Waals surface area contributed by atoms with Gasteiger partial charge in [0.05, 0.1) is 15.9 Å². The lowest BCUT2D eigenvalue weighted by Gasteiger charge is -2.08. The number of hydrogen-bond donors (Lipinski definition) is 1. The Bertz CT molecular complexity index is 1070. The van der Waals surface area contributed by atoms with Crippen molar-refractivity contribution in [1.82, 2.24) is 14.3 Å². The zero-order valence-electron chi connectivity index (χ0n) is 15.0. The molecule has 1 N–H and O–H groups in total. The van der Waals surface area contributed by atoms with Crippen LogP contribution in [-0.2, 0) is 10.0 Å². The molecule has 0 saturated heterocycles. The predicted molar refractivity (Wildman–Crippen MR) is 101 cm³/mol. The summed E-state index contributed by atoms with van der Waals surface area (Å²) in [5.74, 6) is -0.206. The molecule has 26 heavy (non-hydrogen) atoms. The van der Waals surface area contributed by atoms with Crippen LogP contribution in [0.3, 0.4) is 0 Å². The lowest BCUT2D eigenvalue weighted by atomic mass is 10.1. The van der Waals surface area contributed by atoms with E-state index < -0.39 is 10.0 Å². The maximum atomic E-state index is 12.5. The molecule has 3 aromatic rings. The summed E-state index contributed by atoms with van der Waals surface area (Å²) in [6.45, 7) is 5.89. The molecule has 1 heterocycles. The molecule has 0 aliphatic carbocycles. The van der Waals surface area contributed by atoms with Crippen molar-refractivity contribution in [1.29, 1.82) is 0 Å². The van der Waals surface area contributed by atoms with Crippen molar-refractivity contribution in [3.8, 4) is 0 Å². The van der Waals surface area contributed by atoms with Crippen LogP contribution in [0.2, 0.25) is 0 Å². The van der Waals surface area contributed by atoms with E-state index in [2.05, 4.69) is 9.71 Å². The Morgan fingerprint density at radius 2 is 1.73 bits per heavy atom. The molecule has 6 nitrogen and oxygen atoms in total. The fraction of sp³-hybridized carbons (Fsp3) is 0.263. The van der Waals surface area contributed by atoms with Crippen molar-refractivity contribution in [3.05, 3.63) is 59.4 Å². The van der Waals surface area contributed by atoms with Crippen LogP contribution in [0, 0.1) is 20.8 Å².